The van der Waals surface area contributed by atoms with Crippen molar-refractivity contribution in [2.45, 2.75) is 40.3 Å². The van der Waals surface area contributed by atoms with Gasteiger partial charge in [-0.2, -0.15) is 0 Å². The third kappa shape index (κ3) is 7.66. The third-order valence-corrected chi connectivity index (χ3v) is 5.19. The summed E-state index contributed by atoms with van der Waals surface area (Å²) >= 11 is 0. The molecular weight excluding hydrogens is 366 g/mol. The zero-order valence-electron chi connectivity index (χ0n) is 18.5. The normalized spacial score (nSPS) is 16.7. The van der Waals surface area contributed by atoms with E-state index in [1.807, 2.05) is 38.1 Å². The Morgan fingerprint density at radius 3 is 2.31 bits per heavy atom. The van der Waals surface area contributed by atoms with Gasteiger partial charge in [-0.1, -0.05) is 39.8 Å². The third-order valence-electron chi connectivity index (χ3n) is 5.19. The lowest BCUT2D eigenvalue weighted by Gasteiger charge is -2.37. The van der Waals surface area contributed by atoms with Crippen LogP contribution in [0.3, 0.4) is 0 Å². The van der Waals surface area contributed by atoms with Gasteiger partial charge in [-0.3, -0.25) is 14.7 Å². The molecular formula is C22H37N5O2. The van der Waals surface area contributed by atoms with Gasteiger partial charge in [0.1, 0.15) is 0 Å². The summed E-state index contributed by atoms with van der Waals surface area (Å²) in [6.07, 6.45) is 0. The molecule has 1 aromatic carbocycles. The summed E-state index contributed by atoms with van der Waals surface area (Å²) in [6.45, 7) is 13.4. The summed E-state index contributed by atoms with van der Waals surface area (Å²) in [5.41, 5.74) is 1.95. The maximum atomic E-state index is 11.8. The molecule has 0 radical (unpaired) electrons. The van der Waals surface area contributed by atoms with Crippen molar-refractivity contribution in [3.63, 3.8) is 0 Å². The number of aliphatic imine (C=N–C) groups is 1. The van der Waals surface area contributed by atoms with Gasteiger partial charge in [0.05, 0.1) is 13.2 Å². The lowest BCUT2D eigenvalue weighted by molar-refractivity contribution is -0.118. The van der Waals surface area contributed by atoms with Gasteiger partial charge in [0.25, 0.3) is 0 Å². The molecule has 1 unspecified atom stereocenters. The summed E-state index contributed by atoms with van der Waals surface area (Å²) in [5, 5.41) is 9.75. The first-order valence-electron chi connectivity index (χ1n) is 10.6. The van der Waals surface area contributed by atoms with Crippen LogP contribution in [0.4, 0.5) is 5.69 Å². The van der Waals surface area contributed by atoms with E-state index in [9.17, 15) is 4.79 Å². The molecule has 0 aliphatic carbocycles. The topological polar surface area (TPSA) is 78.0 Å². The summed E-state index contributed by atoms with van der Waals surface area (Å²) in [5.74, 6) is 1.34. The van der Waals surface area contributed by atoms with E-state index < -0.39 is 0 Å². The Morgan fingerprint density at radius 1 is 1.10 bits per heavy atom. The first-order chi connectivity index (χ1) is 13.9. The molecule has 7 heteroatoms. The van der Waals surface area contributed by atoms with Gasteiger partial charge in [-0.25, -0.2) is 0 Å². The van der Waals surface area contributed by atoms with E-state index in [4.69, 9.17) is 4.74 Å². The van der Waals surface area contributed by atoms with Crippen LogP contribution in [0.2, 0.25) is 0 Å². The van der Waals surface area contributed by atoms with E-state index in [0.29, 0.717) is 18.5 Å². The Bertz CT molecular complexity index is 652. The van der Waals surface area contributed by atoms with E-state index in [0.717, 1.165) is 50.1 Å². The highest BCUT2D eigenvalue weighted by Crippen LogP contribution is 2.13. The quantitative estimate of drug-likeness (QED) is 0.459. The first kappa shape index (κ1) is 23.2. The van der Waals surface area contributed by atoms with Crippen molar-refractivity contribution in [3.8, 4) is 0 Å². The largest absolute Gasteiger partial charge is 0.379 e. The number of nitrogens with one attached hydrogen (secondary N) is 3. The molecule has 1 atom stereocenters. The van der Waals surface area contributed by atoms with Crippen LogP contribution >= 0.6 is 0 Å². The van der Waals surface area contributed by atoms with Crippen LogP contribution < -0.4 is 16.0 Å². The van der Waals surface area contributed by atoms with E-state index in [1.54, 1.807) is 7.05 Å². The second-order valence-corrected chi connectivity index (χ2v) is 8.11. The lowest BCUT2D eigenvalue weighted by atomic mass is 10.0. The summed E-state index contributed by atoms with van der Waals surface area (Å²) in [7, 11) is 1.79. The summed E-state index contributed by atoms with van der Waals surface area (Å²) in [6, 6.07) is 8.34. The van der Waals surface area contributed by atoms with Crippen molar-refractivity contribution in [1.29, 1.82) is 0 Å². The molecule has 1 aliphatic rings. The van der Waals surface area contributed by atoms with Crippen LogP contribution in [-0.4, -0.2) is 62.7 Å². The fraction of sp³-hybridized carbons (Fsp3) is 0.636. The molecule has 1 aromatic rings. The van der Waals surface area contributed by atoms with E-state index >= 15 is 0 Å². The molecule has 0 aromatic heterocycles. The van der Waals surface area contributed by atoms with Crippen LogP contribution in [-0.2, 0) is 16.1 Å². The Balaban J connectivity index is 1.82. The SMILES string of the molecule is CN=C(NCc1ccc(NC(=O)C(C)C)cc1)NCC(C(C)C)N1CCOCC1. The number of rotatable bonds is 8. The average Bonchev–Trinajstić information content (AvgIpc) is 2.72. The number of hydrogen-bond acceptors (Lipinski definition) is 4. The van der Waals surface area contributed by atoms with E-state index in [2.05, 4.69) is 39.7 Å². The molecule has 0 spiro atoms. The van der Waals surface area contributed by atoms with Crippen LogP contribution in [0, 0.1) is 11.8 Å². The molecule has 7 nitrogen and oxygen atoms in total. The Kier molecular flexibility index (Phi) is 9.41. The van der Waals surface area contributed by atoms with Crippen molar-refractivity contribution < 1.29 is 9.53 Å². The summed E-state index contributed by atoms with van der Waals surface area (Å²) < 4.78 is 5.48. The minimum absolute atomic E-state index is 0.0282. The maximum absolute atomic E-state index is 11.8. The highest BCUT2D eigenvalue weighted by molar-refractivity contribution is 5.92. The number of amides is 1. The molecule has 2 rings (SSSR count). The van der Waals surface area contributed by atoms with Gasteiger partial charge in [0.15, 0.2) is 5.96 Å². The molecule has 162 valence electrons. The average molecular weight is 404 g/mol. The molecule has 0 bridgehead atoms. The van der Waals surface area contributed by atoms with Crippen LogP contribution in [0.25, 0.3) is 0 Å². The zero-order chi connectivity index (χ0) is 21.2. The van der Waals surface area contributed by atoms with Crippen molar-refractivity contribution in [1.82, 2.24) is 15.5 Å². The second kappa shape index (κ2) is 11.8. The standard InChI is InChI=1S/C22H37N5O2/c1-16(2)20(27-10-12-29-13-11-27)15-25-22(23-5)24-14-18-6-8-19(9-7-18)26-21(28)17(3)4/h6-9,16-17,20H,10-15H2,1-5H3,(H,26,28)(H2,23,24,25). The smallest absolute Gasteiger partial charge is 0.226 e. The molecule has 3 N–H and O–H groups in total. The molecule has 1 aliphatic heterocycles. The highest BCUT2D eigenvalue weighted by atomic mass is 16.5. The van der Waals surface area contributed by atoms with E-state index in [-0.39, 0.29) is 11.8 Å². The molecule has 1 heterocycles. The minimum Gasteiger partial charge on any atom is -0.379 e. The Hall–Kier alpha value is -2.12. The molecule has 29 heavy (non-hydrogen) atoms. The molecule has 1 fully saturated rings. The number of ether oxygens (including phenoxy) is 1. The number of carbonyl (C=O) groups excluding carboxylic acids is 1. The predicted octanol–water partition coefficient (Wildman–Crippen LogP) is 2.30. The van der Waals surface area contributed by atoms with Crippen LogP contribution in [0.15, 0.2) is 29.3 Å². The van der Waals surface area contributed by atoms with Crippen LogP contribution in [0.1, 0.15) is 33.3 Å². The number of carbonyl (C=O) groups is 1. The van der Waals surface area contributed by atoms with Crippen molar-refractivity contribution in [2.75, 3.05) is 45.2 Å². The lowest BCUT2D eigenvalue weighted by Crippen LogP contribution is -2.52. The first-order valence-corrected chi connectivity index (χ1v) is 10.6. The van der Waals surface area contributed by atoms with Gasteiger partial charge < -0.3 is 20.7 Å². The monoisotopic (exact) mass is 403 g/mol. The summed E-state index contributed by atoms with van der Waals surface area (Å²) in [4.78, 5) is 18.6. The maximum Gasteiger partial charge on any atom is 0.226 e. The van der Waals surface area contributed by atoms with Crippen molar-refractivity contribution in [2.24, 2.45) is 16.8 Å². The van der Waals surface area contributed by atoms with E-state index in [1.165, 1.54) is 0 Å². The number of nitrogens with zero attached hydrogens (tertiary/aromatic N) is 2. The molecule has 1 amide bonds. The van der Waals surface area contributed by atoms with Crippen molar-refractivity contribution in [3.05, 3.63) is 29.8 Å². The Labute approximate surface area is 175 Å². The number of benzene rings is 1. The number of guanidine groups is 1. The van der Waals surface area contributed by atoms with Gasteiger partial charge in [-0.15, -0.1) is 0 Å². The predicted molar refractivity (Wildman–Crippen MR) is 119 cm³/mol. The molecule has 0 saturated carbocycles. The fourth-order valence-electron chi connectivity index (χ4n) is 3.30. The second-order valence-electron chi connectivity index (χ2n) is 8.11. The number of hydrogen-bond donors (Lipinski definition) is 3. The molecule has 1 saturated heterocycles. The van der Waals surface area contributed by atoms with Gasteiger partial charge in [0, 0.05) is 50.9 Å². The van der Waals surface area contributed by atoms with Gasteiger partial charge in [-0.05, 0) is 23.6 Å². The number of morpholine rings is 1. The van der Waals surface area contributed by atoms with Crippen molar-refractivity contribution >= 4 is 17.6 Å². The van der Waals surface area contributed by atoms with Crippen LogP contribution in [0.5, 0.6) is 0 Å². The zero-order valence-corrected chi connectivity index (χ0v) is 18.5. The highest BCUT2D eigenvalue weighted by Gasteiger charge is 2.23. The van der Waals surface area contributed by atoms with Gasteiger partial charge in [0.2, 0.25) is 5.91 Å². The number of anilines is 1. The Morgan fingerprint density at radius 2 is 1.76 bits per heavy atom. The minimum atomic E-state index is -0.0298. The van der Waals surface area contributed by atoms with Gasteiger partial charge >= 0.3 is 0 Å². The fourth-order valence-corrected chi connectivity index (χ4v) is 3.30.